The van der Waals surface area contributed by atoms with Gasteiger partial charge in [0.25, 0.3) is 0 Å². The average Bonchev–Trinajstić information content (AvgIpc) is 3.29. The molecule has 5 rings (SSSR count). The highest BCUT2D eigenvalue weighted by Gasteiger charge is 2.78. The fraction of sp³-hybridized carbons (Fsp3) is 0.741. The number of hydrogen-bond donors (Lipinski definition) is 1. The van der Waals surface area contributed by atoms with E-state index in [4.69, 9.17) is 16.3 Å². The Hall–Kier alpha value is -1.80. The third-order valence-corrected chi connectivity index (χ3v) is 10.6. The molecular weight excluding hydrogens is 490 g/mol. The molecule has 3 fully saturated rings. The summed E-state index contributed by atoms with van der Waals surface area (Å²) in [5.74, 6) is -3.17. The number of Topliss-reactive ketones (excluding diaryl/α,β-unsaturated/α-hetero) is 1. The first-order chi connectivity index (χ1) is 16.8. The quantitative estimate of drug-likeness (QED) is 0.467. The van der Waals surface area contributed by atoms with E-state index in [0.717, 1.165) is 11.3 Å². The molecule has 0 spiro atoms. The highest BCUT2D eigenvalue weighted by atomic mass is 35.5. The van der Waals surface area contributed by atoms with Crippen molar-refractivity contribution in [3.63, 3.8) is 0 Å². The first-order valence-electron chi connectivity index (χ1n) is 12.9. The maximum absolute atomic E-state index is 17.7. The predicted molar refractivity (Wildman–Crippen MR) is 131 cm³/mol. The number of carbonyl (C=O) groups excluding carboxylic acids is 2. The van der Waals surface area contributed by atoms with Crippen molar-refractivity contribution in [2.24, 2.45) is 35.6 Å². The lowest BCUT2D eigenvalue weighted by atomic mass is 9.43. The van der Waals surface area contributed by atoms with Gasteiger partial charge in [0.1, 0.15) is 11.8 Å². The number of aryl methyl sites for hydroxylation is 1. The normalized spacial score (nSPS) is 45.1. The number of fused-ring (bicyclic) bond motifs is 6. The van der Waals surface area contributed by atoms with E-state index in [1.807, 2.05) is 6.92 Å². The van der Waals surface area contributed by atoms with Gasteiger partial charge < -0.3 is 9.84 Å². The highest BCUT2D eigenvalue weighted by Crippen LogP contribution is 2.72. The fourth-order valence-corrected chi connectivity index (χ4v) is 8.92. The van der Waals surface area contributed by atoms with E-state index in [0.29, 0.717) is 12.0 Å². The van der Waals surface area contributed by atoms with Gasteiger partial charge in [-0.1, -0.05) is 27.7 Å². The highest BCUT2D eigenvalue weighted by molar-refractivity contribution is 6.29. The number of aliphatic hydroxyl groups is 1. The predicted octanol–water partition coefficient (Wildman–Crippen LogP) is 4.36. The molecule has 3 saturated carbocycles. The summed E-state index contributed by atoms with van der Waals surface area (Å²) in [6.07, 6.45) is 0.952. The summed E-state index contributed by atoms with van der Waals surface area (Å²) in [6, 6.07) is 0. The van der Waals surface area contributed by atoms with Crippen molar-refractivity contribution < 1.29 is 28.2 Å². The fourth-order valence-electron chi connectivity index (χ4n) is 8.72. The lowest BCUT2D eigenvalue weighted by molar-refractivity contribution is -0.236. The molecule has 36 heavy (non-hydrogen) atoms. The van der Waals surface area contributed by atoms with Crippen LogP contribution in [-0.2, 0) is 27.8 Å². The Morgan fingerprint density at radius 1 is 1.31 bits per heavy atom. The summed E-state index contributed by atoms with van der Waals surface area (Å²) in [6.45, 7) is 6.96. The molecule has 0 aliphatic heterocycles. The van der Waals surface area contributed by atoms with Gasteiger partial charge in [0.05, 0.1) is 23.9 Å². The molecule has 0 saturated heterocycles. The van der Waals surface area contributed by atoms with Gasteiger partial charge in [-0.25, -0.2) is 8.78 Å². The molecule has 6 nitrogen and oxygen atoms in total. The summed E-state index contributed by atoms with van der Waals surface area (Å²) in [5, 5.41) is 15.9. The van der Waals surface area contributed by atoms with Crippen LogP contribution in [0.25, 0.3) is 6.08 Å². The molecule has 0 unspecified atom stereocenters. The van der Waals surface area contributed by atoms with Crippen LogP contribution in [0.5, 0.6) is 0 Å². The van der Waals surface area contributed by atoms with Gasteiger partial charge in [0.15, 0.2) is 11.4 Å². The van der Waals surface area contributed by atoms with E-state index in [9.17, 15) is 14.7 Å². The van der Waals surface area contributed by atoms with E-state index in [-0.39, 0.29) is 31.6 Å². The van der Waals surface area contributed by atoms with E-state index in [2.05, 4.69) is 5.10 Å². The molecule has 1 heterocycles. The van der Waals surface area contributed by atoms with Crippen molar-refractivity contribution in [1.29, 1.82) is 0 Å². The van der Waals surface area contributed by atoms with Crippen LogP contribution in [-0.4, -0.2) is 56.1 Å². The lowest BCUT2D eigenvalue weighted by Gasteiger charge is -2.64. The summed E-state index contributed by atoms with van der Waals surface area (Å²) < 4.78 is 41.3. The number of alkyl halides is 3. The maximum atomic E-state index is 17.7. The first kappa shape index (κ1) is 25.8. The number of ketones is 1. The molecule has 0 bridgehead atoms. The van der Waals surface area contributed by atoms with E-state index >= 15 is 8.78 Å². The second-order valence-electron chi connectivity index (χ2n) is 11.9. The van der Waals surface area contributed by atoms with Gasteiger partial charge in [0, 0.05) is 36.1 Å². The third kappa shape index (κ3) is 2.89. The number of nitrogens with zero attached hydrogens (tertiary/aromatic N) is 2. The number of hydrogen-bond acceptors (Lipinski definition) is 5. The SMILES string of the molecule is CCC(=O)O[C@@]1(C(=O)CCl)[C@@H](C)C[C@H]2[C@@H]3C[C@H](F)C4=Cc5c(cnn5C)C[C@]4(C)[C@@]3(F)[C@@H](O)C[C@@]21C. The molecule has 9 atom stereocenters. The van der Waals surface area contributed by atoms with Crippen LogP contribution in [0.2, 0.25) is 0 Å². The molecule has 0 radical (unpaired) electrons. The van der Waals surface area contributed by atoms with Gasteiger partial charge in [-0.2, -0.15) is 5.10 Å². The summed E-state index contributed by atoms with van der Waals surface area (Å²) in [5.41, 5.74) is -4.17. The number of esters is 1. The molecule has 0 amide bonds. The molecule has 198 valence electrons. The molecule has 1 N–H and O–H groups in total. The van der Waals surface area contributed by atoms with E-state index < -0.39 is 63.9 Å². The Labute approximate surface area is 215 Å². The Kier molecular flexibility index (Phi) is 5.81. The number of halogens is 3. The van der Waals surface area contributed by atoms with Crippen LogP contribution in [0.4, 0.5) is 8.78 Å². The van der Waals surface area contributed by atoms with Crippen molar-refractivity contribution in [3.8, 4) is 0 Å². The topological polar surface area (TPSA) is 81.4 Å². The zero-order valence-corrected chi connectivity index (χ0v) is 22.2. The van der Waals surface area contributed by atoms with Gasteiger partial charge in [-0.05, 0) is 48.8 Å². The first-order valence-corrected chi connectivity index (χ1v) is 13.4. The third-order valence-electron chi connectivity index (χ3n) is 10.4. The Balaban J connectivity index is 1.65. The van der Waals surface area contributed by atoms with Crippen LogP contribution >= 0.6 is 11.6 Å². The number of aliphatic hydroxyl groups excluding tert-OH is 1. The van der Waals surface area contributed by atoms with Gasteiger partial charge in [-0.15, -0.1) is 11.6 Å². The lowest BCUT2D eigenvalue weighted by Crippen LogP contribution is -2.71. The maximum Gasteiger partial charge on any atom is 0.306 e. The zero-order chi connectivity index (χ0) is 26.4. The van der Waals surface area contributed by atoms with Crippen molar-refractivity contribution in [2.45, 2.75) is 83.3 Å². The molecule has 0 aromatic carbocycles. The molecule has 1 aromatic heterocycles. The Morgan fingerprint density at radius 3 is 2.64 bits per heavy atom. The monoisotopic (exact) mass is 524 g/mol. The number of ether oxygens (including phenoxy) is 1. The standard InChI is InChI=1S/C27H35ClF2N2O4/c1-6-23(35)36-27(22(34)12-28)14(2)7-16-17-8-19(29)18-9-20-15(13-31-32(20)5)10-24(18,3)26(17,30)21(33)11-25(16,27)4/h9,13-14,16-17,19,21,33H,6-8,10-12H2,1-5H3/t14-,16-,17-,19-,21-,24-,25-,26-,27+/m0/s1. The van der Waals surface area contributed by atoms with Gasteiger partial charge in [0.2, 0.25) is 0 Å². The van der Waals surface area contributed by atoms with Crippen LogP contribution in [0, 0.1) is 28.6 Å². The Bertz CT molecular complexity index is 1150. The van der Waals surface area contributed by atoms with Crippen LogP contribution in [0.3, 0.4) is 0 Å². The van der Waals surface area contributed by atoms with Crippen LogP contribution < -0.4 is 0 Å². The van der Waals surface area contributed by atoms with Gasteiger partial charge >= 0.3 is 5.97 Å². The molecule has 9 heteroatoms. The minimum Gasteiger partial charge on any atom is -0.450 e. The second-order valence-corrected chi connectivity index (χ2v) is 12.1. The van der Waals surface area contributed by atoms with Crippen LogP contribution in [0.15, 0.2) is 11.8 Å². The number of allylic oxidation sites excluding steroid dienone is 1. The van der Waals surface area contributed by atoms with Crippen molar-refractivity contribution in [1.82, 2.24) is 9.78 Å². The van der Waals surface area contributed by atoms with Gasteiger partial charge in [-0.3, -0.25) is 14.3 Å². The minimum absolute atomic E-state index is 0.0655. The molecular formula is C27H35ClF2N2O4. The van der Waals surface area contributed by atoms with Crippen molar-refractivity contribution >= 4 is 29.4 Å². The van der Waals surface area contributed by atoms with Crippen LogP contribution in [0.1, 0.15) is 64.6 Å². The molecule has 4 aliphatic carbocycles. The Morgan fingerprint density at radius 2 is 2.00 bits per heavy atom. The van der Waals surface area contributed by atoms with Crippen molar-refractivity contribution in [3.05, 3.63) is 23.0 Å². The molecule has 4 aliphatic rings. The minimum atomic E-state index is -2.13. The largest absolute Gasteiger partial charge is 0.450 e. The number of aromatic nitrogens is 2. The summed E-state index contributed by atoms with van der Waals surface area (Å²) in [7, 11) is 1.77. The zero-order valence-electron chi connectivity index (χ0n) is 21.5. The van der Waals surface area contributed by atoms with E-state index in [1.165, 1.54) is 0 Å². The van der Waals surface area contributed by atoms with Crippen molar-refractivity contribution in [2.75, 3.05) is 5.88 Å². The second kappa shape index (κ2) is 8.10. The summed E-state index contributed by atoms with van der Waals surface area (Å²) >= 11 is 6.04. The molecule has 1 aromatic rings. The summed E-state index contributed by atoms with van der Waals surface area (Å²) in [4.78, 5) is 26.0. The number of rotatable bonds is 4. The number of carbonyl (C=O) groups is 2. The van der Waals surface area contributed by atoms with E-state index in [1.54, 1.807) is 44.8 Å². The smallest absolute Gasteiger partial charge is 0.306 e. The average molecular weight is 525 g/mol.